The van der Waals surface area contributed by atoms with Crippen molar-refractivity contribution in [3.8, 4) is 177 Å². The zero-order valence-electron chi connectivity index (χ0n) is 53.6. The number of esters is 5. The summed E-state index contributed by atoms with van der Waals surface area (Å²) in [6, 6.07) is 7.72. The van der Waals surface area contributed by atoms with Gasteiger partial charge in [0, 0.05) is 79.8 Å². The fourth-order valence-electron chi connectivity index (χ4n) is 14.8. The molecule has 37 nitrogen and oxygen atoms in total. The van der Waals surface area contributed by atoms with Crippen molar-refractivity contribution in [2.45, 2.75) is 67.1 Å². The van der Waals surface area contributed by atoms with Gasteiger partial charge in [0.25, 0.3) is 0 Å². The molecule has 556 valence electrons. The average molecular weight is 1500 g/mol. The Morgan fingerprint density at radius 2 is 0.694 bits per heavy atom. The number of fused-ring (bicyclic) bond motifs is 9. The highest BCUT2D eigenvalue weighted by atomic mass is 16.6. The lowest BCUT2D eigenvalue weighted by Crippen LogP contribution is -2.56. The summed E-state index contributed by atoms with van der Waals surface area (Å²) in [4.78, 5) is 78.2. The Kier molecular flexibility index (Phi) is 15.3. The molecule has 9 aromatic carbocycles. The minimum absolute atomic E-state index is 0.0928. The van der Waals surface area contributed by atoms with Crippen molar-refractivity contribution in [2.24, 2.45) is 0 Å². The fraction of sp³-hybridized carbons (Fsp3) is 0.169. The largest absolute Gasteiger partial charge is 0.507 e. The summed E-state index contributed by atoms with van der Waals surface area (Å²) >= 11 is 0. The van der Waals surface area contributed by atoms with Gasteiger partial charge in [0.1, 0.15) is 53.3 Å². The Morgan fingerprint density at radius 1 is 0.287 bits per heavy atom. The number of carbonyl (C=O) groups excluding carboxylic acids is 5. The second-order valence-corrected chi connectivity index (χ2v) is 25.6. The lowest BCUT2D eigenvalue weighted by atomic mass is 9.71. The van der Waals surface area contributed by atoms with E-state index in [1.165, 1.54) is 6.07 Å². The Bertz CT molecular complexity index is 5600. The van der Waals surface area contributed by atoms with Crippen LogP contribution in [0, 0.1) is 0 Å². The topological polar surface area (TPSA) is 656 Å². The molecule has 0 saturated carbocycles. The quantitative estimate of drug-likeness (QED) is 0.0643. The molecule has 0 amide bonds. The van der Waals surface area contributed by atoms with Crippen LogP contribution in [-0.4, -0.2) is 201 Å². The zero-order valence-corrected chi connectivity index (χ0v) is 53.6. The van der Waals surface area contributed by atoms with Gasteiger partial charge in [-0.15, -0.1) is 0 Å². The lowest BCUT2D eigenvalue weighted by Gasteiger charge is -2.45. The summed E-state index contributed by atoms with van der Waals surface area (Å²) in [5.74, 6) is -50.0. The van der Waals surface area contributed by atoms with Gasteiger partial charge >= 0.3 is 29.8 Å². The predicted molar refractivity (Wildman–Crippen MR) is 346 cm³/mol. The molecule has 108 heavy (non-hydrogen) atoms. The van der Waals surface area contributed by atoms with Crippen LogP contribution < -0.4 is 9.47 Å². The monoisotopic (exact) mass is 1490 g/mol. The molecule has 9 aromatic rings. The number of hydrogen-bond acceptors (Lipinski definition) is 37. The van der Waals surface area contributed by atoms with Gasteiger partial charge < -0.3 is 161 Å². The average Bonchev–Trinajstić information content (AvgIpc) is 0.823. The van der Waals surface area contributed by atoms with Crippen LogP contribution in [0.25, 0.3) is 33.4 Å². The zero-order chi connectivity index (χ0) is 77.6. The van der Waals surface area contributed by atoms with Crippen molar-refractivity contribution >= 4 is 29.8 Å². The van der Waals surface area contributed by atoms with Crippen LogP contribution in [0.2, 0.25) is 0 Å². The molecule has 25 N–H and O–H groups in total. The second kappa shape index (κ2) is 23.9. The van der Waals surface area contributed by atoms with Crippen molar-refractivity contribution in [1.29, 1.82) is 0 Å². The first-order chi connectivity index (χ1) is 51.0. The number of rotatable bonds is 4. The minimum Gasteiger partial charge on any atom is -0.507 e. The van der Waals surface area contributed by atoms with Gasteiger partial charge in [0.2, 0.25) is 28.7 Å². The van der Waals surface area contributed by atoms with Gasteiger partial charge in [-0.25, -0.2) is 24.0 Å². The smallest absolute Gasteiger partial charge is 0.340 e. The standard InChI is InChI=1S/C71H50O37/c72-20-3-1-14(5-23(20)75)60-31(83)7-16-22(74)11-25(77)36(62(16)104-60)40-37-26(78)12-27(79)38(64(37)105-61(57(40)94)15-2-4-21(73)24(76)6-15)44-43-46-42(55(92)59(96)56(43)93)41-45-39(53(90)58(95)54(41)91)35-19(10-30(82)49(86)52(35)89)68(98)103-32-13-102-67(97)17-8-28(80)47(84)50(87)33(17)34-18(9-29(81)48(85)51(34)88)69(99)106-63(32)66(108-71(45)101)65(44)107-70(46)100/h1-6,8-12,31-32,40,44,57,60-61,63,65-66,72-96H,7,13H2/t31-,32+,40+,44+,57-,60+,61+,63+,65+,66-/m0/s1. The molecule has 0 aliphatic carbocycles. The van der Waals surface area contributed by atoms with Crippen molar-refractivity contribution < 1.29 is 185 Å². The van der Waals surface area contributed by atoms with E-state index in [1.807, 2.05) is 0 Å². The van der Waals surface area contributed by atoms with E-state index in [2.05, 4.69) is 0 Å². The number of phenols is 23. The molecule has 0 aromatic heterocycles. The Balaban J connectivity index is 1.08. The molecule has 16 rings (SSSR count). The normalized spacial score (nSPS) is 21.7. The Hall–Kier alpha value is -14.8. The van der Waals surface area contributed by atoms with E-state index >= 15 is 19.2 Å². The molecular weight excluding hydrogens is 1440 g/mol. The Morgan fingerprint density at radius 3 is 1.23 bits per heavy atom. The highest BCUT2D eigenvalue weighted by molar-refractivity contribution is 6.17. The molecule has 0 spiro atoms. The molecule has 0 fully saturated rings. The van der Waals surface area contributed by atoms with Crippen LogP contribution in [0.4, 0.5) is 0 Å². The van der Waals surface area contributed by atoms with Crippen LogP contribution >= 0.6 is 0 Å². The third kappa shape index (κ3) is 9.74. The van der Waals surface area contributed by atoms with Gasteiger partial charge in [-0.05, 0) is 53.6 Å². The number of hydrogen-bond donors (Lipinski definition) is 25. The van der Waals surface area contributed by atoms with Crippen LogP contribution in [-0.2, 0) is 30.1 Å². The van der Waals surface area contributed by atoms with Gasteiger partial charge in [-0.1, -0.05) is 12.1 Å². The maximum absolute atomic E-state index is 16.3. The lowest BCUT2D eigenvalue weighted by molar-refractivity contribution is -0.135. The van der Waals surface area contributed by atoms with E-state index in [-0.39, 0.29) is 23.3 Å². The maximum atomic E-state index is 16.3. The van der Waals surface area contributed by atoms with Crippen LogP contribution in [0.1, 0.15) is 115 Å². The molecule has 7 aliphatic heterocycles. The number of aliphatic hydroxyl groups is 2. The first-order valence-corrected chi connectivity index (χ1v) is 31.4. The molecule has 0 radical (unpaired) electrons. The summed E-state index contributed by atoms with van der Waals surface area (Å²) in [5, 5.41) is 292. The van der Waals surface area contributed by atoms with E-state index in [1.54, 1.807) is 0 Å². The van der Waals surface area contributed by atoms with E-state index < -0.39 is 336 Å². The van der Waals surface area contributed by atoms with Crippen molar-refractivity contribution in [3.05, 3.63) is 133 Å². The number of ether oxygens (including phenoxy) is 7. The first-order valence-electron chi connectivity index (χ1n) is 31.4. The fourth-order valence-corrected chi connectivity index (χ4v) is 14.8. The van der Waals surface area contributed by atoms with E-state index in [0.29, 0.717) is 18.2 Å². The molecule has 6 bridgehead atoms. The molecule has 7 aliphatic rings. The SMILES string of the molecule is O=C1OC[C@H]2OC(=O)c3cc(O)c(O)c(O)c3-c3c(O)c(O)c(O)c4c3C(=O)O[C@H]([C@@H]3OC(=O)c5c-4c(O)c(O)c(O)c5[C@H]3c3c(O)cc(O)c4c3O[C@H](c3ccc(O)c(O)c3)[C@@H](O)[C@@H]4c3c(O)cc(O)c4c3O[C@H](c3ccc(O)c(O)c3)[C@@H](O)C4)[C@@H]2OC(=O)c2cc(O)c(O)c(O)c2-c2c1cc(O)c(O)c2O. The van der Waals surface area contributed by atoms with Gasteiger partial charge in [0.15, 0.2) is 111 Å². The molecule has 37 heteroatoms. The number of benzene rings is 9. The van der Waals surface area contributed by atoms with E-state index in [0.717, 1.165) is 30.3 Å². The summed E-state index contributed by atoms with van der Waals surface area (Å²) in [6.45, 7) is -1.75. The summed E-state index contributed by atoms with van der Waals surface area (Å²) in [5.41, 5.74) is -20.7. The Labute approximate surface area is 597 Å². The number of aliphatic hydroxyl groups excluding tert-OH is 2. The minimum atomic E-state index is -3.22. The second-order valence-electron chi connectivity index (χ2n) is 25.6. The highest BCUT2D eigenvalue weighted by Crippen LogP contribution is 2.67. The van der Waals surface area contributed by atoms with Crippen molar-refractivity contribution in [3.63, 3.8) is 0 Å². The van der Waals surface area contributed by atoms with E-state index in [4.69, 9.17) is 33.2 Å². The summed E-state index contributed by atoms with van der Waals surface area (Å²) in [6.07, 6.45) is -20.9. The van der Waals surface area contributed by atoms with Gasteiger partial charge in [-0.2, -0.15) is 0 Å². The van der Waals surface area contributed by atoms with Gasteiger partial charge in [0.05, 0.1) is 45.8 Å². The molecule has 0 saturated heterocycles. The maximum Gasteiger partial charge on any atom is 0.340 e. The third-order valence-corrected chi connectivity index (χ3v) is 19.7. The van der Waals surface area contributed by atoms with E-state index in [9.17, 15) is 132 Å². The molecular formula is C71H50O37. The van der Waals surface area contributed by atoms with Crippen LogP contribution in [0.5, 0.6) is 144 Å². The highest BCUT2D eigenvalue weighted by Gasteiger charge is 2.59. The molecule has 0 unspecified atom stereocenters. The first kappa shape index (κ1) is 69.0. The molecule has 10 atom stereocenters. The van der Waals surface area contributed by atoms with Crippen molar-refractivity contribution in [2.75, 3.05) is 6.61 Å². The van der Waals surface area contributed by atoms with Crippen LogP contribution in [0.3, 0.4) is 0 Å². The number of cyclic esters (lactones) is 1. The molecule has 7 heterocycles. The number of phenolic OH excluding ortho intramolecular Hbond substituents is 23. The van der Waals surface area contributed by atoms with Crippen molar-refractivity contribution in [1.82, 2.24) is 0 Å². The van der Waals surface area contributed by atoms with Gasteiger partial charge in [-0.3, -0.25) is 0 Å². The third-order valence-electron chi connectivity index (χ3n) is 19.7. The summed E-state index contributed by atoms with van der Waals surface area (Å²) < 4.78 is 43.1. The van der Waals surface area contributed by atoms with Crippen LogP contribution in [0.15, 0.2) is 66.7 Å². The number of carbonyl (C=O) groups is 5. The predicted octanol–water partition coefficient (Wildman–Crippen LogP) is 4.72. The summed E-state index contributed by atoms with van der Waals surface area (Å²) in [7, 11) is 0. The number of aromatic hydroxyl groups is 23.